The molecule has 0 fully saturated rings. The van der Waals surface area contributed by atoms with Crippen LogP contribution < -0.4 is 5.32 Å². The average molecular weight is 471 g/mol. The molecule has 0 aliphatic carbocycles. The summed E-state index contributed by atoms with van der Waals surface area (Å²) in [5, 5.41) is 17.8. The summed E-state index contributed by atoms with van der Waals surface area (Å²) in [5.74, 6) is -0.768. The third-order valence-electron chi connectivity index (χ3n) is 4.49. The van der Waals surface area contributed by atoms with Crippen molar-refractivity contribution in [2.45, 2.75) is 13.3 Å². The van der Waals surface area contributed by atoms with E-state index in [1.807, 2.05) is 6.07 Å². The molecule has 0 bridgehead atoms. The van der Waals surface area contributed by atoms with Gasteiger partial charge in [0.15, 0.2) is 5.13 Å². The van der Waals surface area contributed by atoms with Gasteiger partial charge >= 0.3 is 0 Å². The Labute approximate surface area is 189 Å². The van der Waals surface area contributed by atoms with Crippen molar-refractivity contribution in [1.82, 2.24) is 19.7 Å². The second kappa shape index (κ2) is 8.82. The molecule has 3 aromatic heterocycles. The van der Waals surface area contributed by atoms with Crippen molar-refractivity contribution in [3.05, 3.63) is 75.5 Å². The predicted octanol–water partition coefficient (Wildman–Crippen LogP) is 5.41. The molecule has 32 heavy (non-hydrogen) atoms. The van der Waals surface area contributed by atoms with E-state index in [2.05, 4.69) is 20.4 Å². The zero-order chi connectivity index (χ0) is 22.8. The molecule has 0 radical (unpaired) electrons. The molecule has 1 aromatic carbocycles. The summed E-state index contributed by atoms with van der Waals surface area (Å²) in [6, 6.07) is 11.5. The lowest BCUT2D eigenvalue weighted by Crippen LogP contribution is -2.15. The van der Waals surface area contributed by atoms with E-state index in [9.17, 15) is 13.6 Å². The maximum Gasteiger partial charge on any atom is 0.281 e. The monoisotopic (exact) mass is 470 g/mol. The highest BCUT2D eigenvalue weighted by molar-refractivity contribution is 7.14. The molecule has 0 saturated heterocycles. The van der Waals surface area contributed by atoms with Crippen molar-refractivity contribution < 1.29 is 13.6 Å². The Kier molecular flexibility index (Phi) is 5.94. The first-order valence-corrected chi connectivity index (χ1v) is 10.4. The number of aryl methyl sites for hydroxylation is 1. The minimum Gasteiger partial charge on any atom is -0.298 e. The van der Waals surface area contributed by atoms with Gasteiger partial charge in [0.2, 0.25) is 0 Å². The van der Waals surface area contributed by atoms with Crippen LogP contribution in [0.1, 0.15) is 33.7 Å². The lowest BCUT2D eigenvalue weighted by molar-refractivity contribution is 0.100. The number of benzene rings is 1. The van der Waals surface area contributed by atoms with E-state index in [0.29, 0.717) is 17.0 Å². The van der Waals surface area contributed by atoms with Gasteiger partial charge in [-0.05, 0) is 31.2 Å². The van der Waals surface area contributed by atoms with Gasteiger partial charge in [0.25, 0.3) is 12.3 Å². The van der Waals surface area contributed by atoms with Gasteiger partial charge in [0.1, 0.15) is 11.4 Å². The quantitative estimate of drug-likeness (QED) is 0.420. The third kappa shape index (κ3) is 4.08. The number of alkyl halides is 2. The zero-order valence-corrected chi connectivity index (χ0v) is 18.0. The number of pyridine rings is 1. The van der Waals surface area contributed by atoms with Gasteiger partial charge in [-0.25, -0.2) is 18.4 Å². The maximum atomic E-state index is 14.0. The number of nitrogens with zero attached hydrogens (tertiary/aromatic N) is 5. The normalized spacial score (nSPS) is 10.9. The lowest BCUT2D eigenvalue weighted by Gasteiger charge is -2.10. The molecule has 0 saturated carbocycles. The summed E-state index contributed by atoms with van der Waals surface area (Å²) < 4.78 is 29.0. The highest BCUT2D eigenvalue weighted by Crippen LogP contribution is 2.32. The predicted molar refractivity (Wildman–Crippen MR) is 116 cm³/mol. The summed E-state index contributed by atoms with van der Waals surface area (Å²) >= 11 is 7.25. The van der Waals surface area contributed by atoms with E-state index in [0.717, 1.165) is 16.0 Å². The molecular weight excluding hydrogens is 458 g/mol. The Morgan fingerprint density at radius 1 is 1.28 bits per heavy atom. The first-order valence-electron chi connectivity index (χ1n) is 9.15. The zero-order valence-electron chi connectivity index (χ0n) is 16.4. The number of hydrogen-bond donors (Lipinski definition) is 1. The van der Waals surface area contributed by atoms with Crippen molar-refractivity contribution in [2.75, 3.05) is 5.32 Å². The number of rotatable bonds is 5. The molecule has 1 N–H and O–H groups in total. The van der Waals surface area contributed by atoms with Gasteiger partial charge in [0.05, 0.1) is 39.3 Å². The number of aromatic nitrogens is 4. The molecule has 0 aliphatic rings. The Balaban J connectivity index is 1.67. The number of halogens is 3. The van der Waals surface area contributed by atoms with Crippen LogP contribution in [0.2, 0.25) is 5.02 Å². The van der Waals surface area contributed by atoms with Crippen molar-refractivity contribution >= 4 is 34.0 Å². The fraction of sp³-hybridized carbons (Fsp3) is 0.0952. The molecule has 7 nitrogen and oxygen atoms in total. The van der Waals surface area contributed by atoms with Crippen LogP contribution in [0, 0.1) is 18.3 Å². The molecule has 160 valence electrons. The van der Waals surface area contributed by atoms with E-state index in [1.165, 1.54) is 19.2 Å². The van der Waals surface area contributed by atoms with Crippen molar-refractivity contribution in [2.24, 2.45) is 0 Å². The Morgan fingerprint density at radius 3 is 2.78 bits per heavy atom. The number of hydrogen-bond acceptors (Lipinski definition) is 6. The number of amides is 1. The molecule has 3 heterocycles. The molecule has 0 spiro atoms. The number of nitrogens with one attached hydrogen (secondary N) is 1. The van der Waals surface area contributed by atoms with Gasteiger partial charge in [-0.3, -0.25) is 15.1 Å². The first-order chi connectivity index (χ1) is 15.4. The number of para-hydroxylation sites is 1. The van der Waals surface area contributed by atoms with Crippen LogP contribution in [-0.4, -0.2) is 25.7 Å². The van der Waals surface area contributed by atoms with Gasteiger partial charge in [-0.1, -0.05) is 23.7 Å². The molecule has 1 amide bonds. The lowest BCUT2D eigenvalue weighted by atomic mass is 10.1. The summed E-state index contributed by atoms with van der Waals surface area (Å²) in [4.78, 5) is 21.4. The number of thiazole rings is 1. The largest absolute Gasteiger partial charge is 0.298 e. The molecule has 4 aromatic rings. The fourth-order valence-corrected chi connectivity index (χ4v) is 4.00. The molecule has 0 aliphatic heterocycles. The number of carbonyl (C=O) groups is 1. The van der Waals surface area contributed by atoms with E-state index in [-0.39, 0.29) is 27.1 Å². The van der Waals surface area contributed by atoms with Crippen molar-refractivity contribution in [3.8, 4) is 23.1 Å². The van der Waals surface area contributed by atoms with E-state index >= 15 is 0 Å². The SMILES string of the molecule is Cc1nn(-c2ccccc2Cl)c(C(F)F)c1C(=O)Nc1nc(-c2cc(C#N)ccn2)cs1. The minimum atomic E-state index is -2.97. The highest BCUT2D eigenvalue weighted by atomic mass is 35.5. The maximum absolute atomic E-state index is 14.0. The van der Waals surface area contributed by atoms with Crippen LogP contribution in [0.15, 0.2) is 48.0 Å². The fourth-order valence-electron chi connectivity index (χ4n) is 3.08. The van der Waals surface area contributed by atoms with E-state index < -0.39 is 18.0 Å². The smallest absolute Gasteiger partial charge is 0.281 e. The number of nitriles is 1. The summed E-state index contributed by atoms with van der Waals surface area (Å²) in [6.45, 7) is 1.47. The van der Waals surface area contributed by atoms with Crippen LogP contribution in [0.4, 0.5) is 13.9 Å². The average Bonchev–Trinajstić information content (AvgIpc) is 3.38. The third-order valence-corrected chi connectivity index (χ3v) is 5.56. The first kappa shape index (κ1) is 21.5. The standard InChI is InChI=1S/C21H13ClF2N6OS/c1-11-17(18(19(23)24)30(29-11)16-5-3-2-4-13(16)22)20(31)28-21-27-15(10-32-21)14-8-12(9-25)6-7-26-14/h2-8,10,19H,1H3,(H,27,28,31). The number of anilines is 1. The van der Waals surface area contributed by atoms with Gasteiger partial charge in [-0.15, -0.1) is 11.3 Å². The molecule has 0 atom stereocenters. The topological polar surface area (TPSA) is 96.5 Å². The van der Waals surface area contributed by atoms with Crippen molar-refractivity contribution in [3.63, 3.8) is 0 Å². The summed E-state index contributed by atoms with van der Waals surface area (Å²) in [5.41, 5.74) is 0.869. The van der Waals surface area contributed by atoms with Crippen LogP contribution >= 0.6 is 22.9 Å². The van der Waals surface area contributed by atoms with E-state index in [1.54, 1.807) is 35.7 Å². The minimum absolute atomic E-state index is 0.123. The van der Waals surface area contributed by atoms with Gasteiger partial charge in [0, 0.05) is 11.6 Å². The summed E-state index contributed by atoms with van der Waals surface area (Å²) in [7, 11) is 0. The van der Waals surface area contributed by atoms with Crippen LogP contribution in [0.3, 0.4) is 0 Å². The molecule has 4 rings (SSSR count). The molecule has 0 unspecified atom stereocenters. The van der Waals surface area contributed by atoms with Crippen LogP contribution in [0.25, 0.3) is 17.1 Å². The summed E-state index contributed by atoms with van der Waals surface area (Å²) in [6.07, 6.45) is -1.50. The van der Waals surface area contributed by atoms with Gasteiger partial charge in [-0.2, -0.15) is 10.4 Å². The highest BCUT2D eigenvalue weighted by Gasteiger charge is 2.29. The Bertz CT molecular complexity index is 1360. The van der Waals surface area contributed by atoms with E-state index in [4.69, 9.17) is 16.9 Å². The van der Waals surface area contributed by atoms with Crippen molar-refractivity contribution in [1.29, 1.82) is 5.26 Å². The van der Waals surface area contributed by atoms with Crippen LogP contribution in [0.5, 0.6) is 0 Å². The number of carbonyl (C=O) groups excluding carboxylic acids is 1. The Morgan fingerprint density at radius 2 is 2.06 bits per heavy atom. The molecule has 11 heteroatoms. The second-order valence-electron chi connectivity index (χ2n) is 6.54. The van der Waals surface area contributed by atoms with Crippen LogP contribution in [-0.2, 0) is 0 Å². The van der Waals surface area contributed by atoms with Gasteiger partial charge < -0.3 is 0 Å². The Hall–Kier alpha value is -3.68. The molecular formula is C21H13ClF2N6OS. The second-order valence-corrected chi connectivity index (χ2v) is 7.81.